The van der Waals surface area contributed by atoms with Crippen LogP contribution in [0.1, 0.15) is 49.9 Å². The zero-order chi connectivity index (χ0) is 37.5. The molecule has 0 N–H and O–H groups in total. The number of fused-ring (bicyclic) bond motifs is 13. The first-order chi connectivity index (χ1) is 27.3. The van der Waals surface area contributed by atoms with Crippen LogP contribution < -0.4 is 0 Å². The molecule has 0 saturated carbocycles. The minimum absolute atomic E-state index is 0.0195. The molecule has 0 aliphatic heterocycles. The zero-order valence-corrected chi connectivity index (χ0v) is 32.1. The maximum Gasteiger partial charge on any atom is 0.0547 e. The predicted octanol–water partition coefficient (Wildman–Crippen LogP) is 14.2. The highest BCUT2D eigenvalue weighted by atomic mass is 15.0. The summed E-state index contributed by atoms with van der Waals surface area (Å²) in [5, 5.41) is 5.15. The molecule has 0 atom stereocenters. The lowest BCUT2D eigenvalue weighted by Gasteiger charge is -2.21. The Bertz CT molecular complexity index is 3300. The highest BCUT2D eigenvalue weighted by molar-refractivity contribution is 6.19. The third kappa shape index (κ3) is 4.06. The lowest BCUT2D eigenvalue weighted by molar-refractivity contribution is 0.660. The van der Waals surface area contributed by atoms with Crippen LogP contribution in [0.4, 0.5) is 0 Å². The van der Waals surface area contributed by atoms with Gasteiger partial charge in [-0.05, 0) is 116 Å². The quantitative estimate of drug-likeness (QED) is 0.172. The van der Waals surface area contributed by atoms with E-state index in [1.54, 1.807) is 0 Å². The Morgan fingerprint density at radius 2 is 0.875 bits per heavy atom. The topological polar surface area (TPSA) is 9.86 Å². The van der Waals surface area contributed by atoms with Crippen LogP contribution in [0.15, 0.2) is 170 Å². The fraction of sp³-hybridized carbons (Fsp3) is 0.111. The highest BCUT2D eigenvalue weighted by Crippen LogP contribution is 2.54. The summed E-state index contributed by atoms with van der Waals surface area (Å²) in [6.07, 6.45) is 0. The lowest BCUT2D eigenvalue weighted by Crippen LogP contribution is -2.14. The van der Waals surface area contributed by atoms with Crippen molar-refractivity contribution in [2.75, 3.05) is 0 Å². The third-order valence-corrected chi connectivity index (χ3v) is 13.3. The van der Waals surface area contributed by atoms with Crippen LogP contribution in [0.25, 0.3) is 88.4 Å². The second kappa shape index (κ2) is 11.0. The standard InChI is InChI=1S/C54H40N2/c1-53(2)43-19-11-8-16-37(43)40-32-36(24-25-45(40)53)56-47-21-13-10-17-38(47)41-30-33(22-27-48(41)56)34-23-28-49-42(31-34)52-50(55(49)35-14-6-5-7-15-35)29-26-46-51(52)39-18-9-12-20-44(39)54(46,3)4/h5-32H,1-4H3. The molecule has 0 amide bonds. The van der Waals surface area contributed by atoms with Gasteiger partial charge in [0.15, 0.2) is 0 Å². The summed E-state index contributed by atoms with van der Waals surface area (Å²) in [6.45, 7) is 9.45. The van der Waals surface area contributed by atoms with Crippen LogP contribution in [0, 0.1) is 0 Å². The molecule has 2 heteroatoms. The first-order valence-electron chi connectivity index (χ1n) is 19.9. The maximum atomic E-state index is 2.46. The molecular formula is C54H40N2. The molecule has 0 saturated heterocycles. The van der Waals surface area contributed by atoms with Crippen molar-refractivity contribution in [2.45, 2.75) is 38.5 Å². The normalized spacial score (nSPS) is 14.7. The summed E-state index contributed by atoms with van der Waals surface area (Å²) in [6, 6.07) is 63.7. The fourth-order valence-electron chi connectivity index (χ4n) is 10.6. The first kappa shape index (κ1) is 31.7. The Hall–Kier alpha value is -6.64. The number of para-hydroxylation sites is 2. The Balaban J connectivity index is 1.08. The zero-order valence-electron chi connectivity index (χ0n) is 32.1. The van der Waals surface area contributed by atoms with Crippen molar-refractivity contribution in [1.29, 1.82) is 0 Å². The maximum absolute atomic E-state index is 2.46. The van der Waals surface area contributed by atoms with E-state index >= 15 is 0 Å². The van der Waals surface area contributed by atoms with E-state index in [2.05, 4.69) is 207 Å². The van der Waals surface area contributed by atoms with E-state index in [0.717, 1.165) is 0 Å². The van der Waals surface area contributed by atoms with E-state index in [0.29, 0.717) is 0 Å². The molecule has 12 rings (SSSR count). The van der Waals surface area contributed by atoms with E-state index in [-0.39, 0.29) is 10.8 Å². The van der Waals surface area contributed by atoms with Crippen LogP contribution in [-0.4, -0.2) is 9.13 Å². The van der Waals surface area contributed by atoms with Gasteiger partial charge in [0.1, 0.15) is 0 Å². The molecule has 2 heterocycles. The number of aromatic nitrogens is 2. The molecule has 266 valence electrons. The van der Waals surface area contributed by atoms with Crippen LogP contribution >= 0.6 is 0 Å². The minimum Gasteiger partial charge on any atom is -0.309 e. The molecule has 2 aliphatic rings. The molecule has 0 fully saturated rings. The Labute approximate surface area is 326 Å². The van der Waals surface area contributed by atoms with Crippen LogP contribution in [0.5, 0.6) is 0 Å². The summed E-state index contributed by atoms with van der Waals surface area (Å²) in [7, 11) is 0. The fourth-order valence-corrected chi connectivity index (χ4v) is 10.6. The first-order valence-corrected chi connectivity index (χ1v) is 19.9. The number of nitrogens with zero attached hydrogens (tertiary/aromatic N) is 2. The van der Waals surface area contributed by atoms with Crippen molar-refractivity contribution < 1.29 is 0 Å². The molecule has 0 radical (unpaired) electrons. The molecule has 10 aromatic rings. The van der Waals surface area contributed by atoms with Gasteiger partial charge in [-0.1, -0.05) is 137 Å². The summed E-state index contributed by atoms with van der Waals surface area (Å²) >= 11 is 0. The summed E-state index contributed by atoms with van der Waals surface area (Å²) in [5.41, 5.74) is 20.7. The molecule has 0 spiro atoms. The molecule has 0 bridgehead atoms. The van der Waals surface area contributed by atoms with Crippen molar-refractivity contribution >= 4 is 43.6 Å². The van der Waals surface area contributed by atoms with Gasteiger partial charge in [0.2, 0.25) is 0 Å². The lowest BCUT2D eigenvalue weighted by atomic mass is 9.82. The Morgan fingerprint density at radius 1 is 0.339 bits per heavy atom. The van der Waals surface area contributed by atoms with E-state index in [9.17, 15) is 0 Å². The third-order valence-electron chi connectivity index (χ3n) is 13.3. The number of benzene rings is 8. The molecule has 2 nitrogen and oxygen atoms in total. The number of rotatable bonds is 3. The second-order valence-electron chi connectivity index (χ2n) is 16.9. The van der Waals surface area contributed by atoms with Gasteiger partial charge < -0.3 is 9.13 Å². The van der Waals surface area contributed by atoms with E-state index in [1.165, 1.54) is 111 Å². The van der Waals surface area contributed by atoms with Gasteiger partial charge in [-0.3, -0.25) is 0 Å². The Kier molecular flexibility index (Phi) is 6.22. The molecule has 2 aromatic heterocycles. The van der Waals surface area contributed by atoms with Gasteiger partial charge in [0, 0.05) is 43.7 Å². The second-order valence-corrected chi connectivity index (χ2v) is 16.9. The van der Waals surface area contributed by atoms with Gasteiger partial charge in [0.25, 0.3) is 0 Å². The number of hydrogen-bond acceptors (Lipinski definition) is 0. The molecule has 8 aromatic carbocycles. The molecule has 56 heavy (non-hydrogen) atoms. The van der Waals surface area contributed by atoms with E-state index in [4.69, 9.17) is 0 Å². The largest absolute Gasteiger partial charge is 0.309 e. The van der Waals surface area contributed by atoms with Gasteiger partial charge >= 0.3 is 0 Å². The van der Waals surface area contributed by atoms with Gasteiger partial charge in [0.05, 0.1) is 22.1 Å². The van der Waals surface area contributed by atoms with Crippen LogP contribution in [0.2, 0.25) is 0 Å². The SMILES string of the molecule is CC1(C)c2ccccc2-c2cc(-n3c4ccccc4c4cc(-c5ccc6c(c5)c5c7c(ccc5n6-c5ccccc5)C(C)(C)c5ccccc5-7)ccc43)ccc21. The van der Waals surface area contributed by atoms with Crippen LogP contribution in [-0.2, 0) is 10.8 Å². The molecule has 0 unspecified atom stereocenters. The summed E-state index contributed by atoms with van der Waals surface area (Å²) < 4.78 is 4.91. The average molecular weight is 717 g/mol. The minimum atomic E-state index is -0.0728. The summed E-state index contributed by atoms with van der Waals surface area (Å²) in [5.74, 6) is 0. The van der Waals surface area contributed by atoms with Crippen molar-refractivity contribution in [3.8, 4) is 44.8 Å². The van der Waals surface area contributed by atoms with Crippen LogP contribution in [0.3, 0.4) is 0 Å². The van der Waals surface area contributed by atoms with E-state index < -0.39 is 0 Å². The number of hydrogen-bond donors (Lipinski definition) is 0. The van der Waals surface area contributed by atoms with Crippen molar-refractivity contribution in [2.24, 2.45) is 0 Å². The van der Waals surface area contributed by atoms with Gasteiger partial charge in [-0.15, -0.1) is 0 Å². The average Bonchev–Trinajstić information content (AvgIpc) is 3.89. The molecule has 2 aliphatic carbocycles. The van der Waals surface area contributed by atoms with Gasteiger partial charge in [-0.2, -0.15) is 0 Å². The monoisotopic (exact) mass is 716 g/mol. The van der Waals surface area contributed by atoms with Crippen molar-refractivity contribution in [3.63, 3.8) is 0 Å². The van der Waals surface area contributed by atoms with E-state index in [1.807, 2.05) is 0 Å². The van der Waals surface area contributed by atoms with Gasteiger partial charge in [-0.25, -0.2) is 0 Å². The smallest absolute Gasteiger partial charge is 0.0547 e. The van der Waals surface area contributed by atoms with Crippen molar-refractivity contribution in [3.05, 3.63) is 192 Å². The molecular weight excluding hydrogens is 677 g/mol. The van der Waals surface area contributed by atoms with Crippen molar-refractivity contribution in [1.82, 2.24) is 9.13 Å². The highest BCUT2D eigenvalue weighted by Gasteiger charge is 2.38. The Morgan fingerprint density at radius 3 is 1.66 bits per heavy atom. The summed E-state index contributed by atoms with van der Waals surface area (Å²) in [4.78, 5) is 0. The predicted molar refractivity (Wildman–Crippen MR) is 236 cm³/mol.